The Bertz CT molecular complexity index is 1500. The van der Waals surface area contributed by atoms with Crippen LogP contribution in [0.5, 0.6) is 0 Å². The van der Waals surface area contributed by atoms with Crippen molar-refractivity contribution in [3.05, 3.63) is 69.1 Å². The van der Waals surface area contributed by atoms with Gasteiger partial charge in [-0.05, 0) is 43.2 Å². The number of fused-ring (bicyclic) bond motifs is 1. The molecule has 1 unspecified atom stereocenters. The number of carboxylic acids is 1. The number of carboxylic acid groups (broad SMARTS) is 1. The largest absolute Gasteiger partial charge is 0.480 e. The van der Waals surface area contributed by atoms with Crippen LogP contribution in [0.2, 0.25) is 5.02 Å². The van der Waals surface area contributed by atoms with Gasteiger partial charge in [0.05, 0.1) is 18.8 Å². The Morgan fingerprint density at radius 3 is 2.53 bits per heavy atom. The SMILES string of the molecule is CC1(F)CN(C(=O)Cn2c(=O)c(C(=O)NCc3ccc(Cl)cc3)cc3c(N4CCC4C(=O)O)ccnc32)C1. The standard InChI is InChI=1S/C26H25ClFN5O5/c1-26(28)13-31(14-26)21(34)12-33-22-17(19(6-8-29-22)32-9-7-20(32)25(37)38)10-18(24(33)36)23(35)30-11-15-2-4-16(27)5-3-15/h2-6,8,10,20H,7,9,11-14H2,1H3,(H,30,35)(H,37,38). The highest BCUT2D eigenvalue weighted by Crippen LogP contribution is 2.33. The molecule has 2 fully saturated rings. The van der Waals surface area contributed by atoms with Crippen molar-refractivity contribution < 1.29 is 23.9 Å². The molecular weight excluding hydrogens is 517 g/mol. The molecule has 3 aromatic rings. The summed E-state index contributed by atoms with van der Waals surface area (Å²) in [4.78, 5) is 58.5. The average Bonchev–Trinajstić information content (AvgIpc) is 2.82. The van der Waals surface area contributed by atoms with Crippen LogP contribution in [0.25, 0.3) is 11.0 Å². The van der Waals surface area contributed by atoms with Crippen molar-refractivity contribution in [2.75, 3.05) is 24.5 Å². The summed E-state index contributed by atoms with van der Waals surface area (Å²) in [6.45, 7) is 1.36. The Morgan fingerprint density at radius 1 is 1.21 bits per heavy atom. The smallest absolute Gasteiger partial charge is 0.326 e. The number of hydrogen-bond acceptors (Lipinski definition) is 6. The van der Waals surface area contributed by atoms with Crippen molar-refractivity contribution in [3.63, 3.8) is 0 Å². The fraction of sp³-hybridized carbons (Fsp3) is 0.346. The van der Waals surface area contributed by atoms with Crippen molar-refractivity contribution >= 4 is 46.1 Å². The van der Waals surface area contributed by atoms with Gasteiger partial charge in [-0.15, -0.1) is 0 Å². The van der Waals surface area contributed by atoms with E-state index in [0.29, 0.717) is 29.1 Å². The first-order valence-electron chi connectivity index (χ1n) is 12.1. The van der Waals surface area contributed by atoms with Crippen LogP contribution in [-0.2, 0) is 22.7 Å². The van der Waals surface area contributed by atoms with E-state index in [1.807, 2.05) is 0 Å². The predicted octanol–water partition coefficient (Wildman–Crippen LogP) is 2.21. The molecule has 5 rings (SSSR count). The van der Waals surface area contributed by atoms with Gasteiger partial charge in [-0.3, -0.25) is 19.0 Å². The van der Waals surface area contributed by atoms with E-state index in [-0.39, 0.29) is 30.8 Å². The van der Waals surface area contributed by atoms with Gasteiger partial charge in [-0.2, -0.15) is 0 Å². The summed E-state index contributed by atoms with van der Waals surface area (Å²) < 4.78 is 15.1. The molecule has 198 valence electrons. The van der Waals surface area contributed by atoms with E-state index in [1.165, 1.54) is 24.1 Å². The number of pyridine rings is 2. The highest BCUT2D eigenvalue weighted by molar-refractivity contribution is 6.30. The van der Waals surface area contributed by atoms with E-state index < -0.39 is 41.6 Å². The number of hydrogen-bond donors (Lipinski definition) is 2. The number of rotatable bonds is 7. The summed E-state index contributed by atoms with van der Waals surface area (Å²) >= 11 is 5.91. The summed E-state index contributed by atoms with van der Waals surface area (Å²) in [5.74, 6) is -2.14. The Labute approximate surface area is 221 Å². The summed E-state index contributed by atoms with van der Waals surface area (Å²) in [7, 11) is 0. The predicted molar refractivity (Wildman–Crippen MR) is 138 cm³/mol. The lowest BCUT2D eigenvalue weighted by atomic mass is 9.99. The van der Waals surface area contributed by atoms with E-state index >= 15 is 0 Å². The second kappa shape index (κ2) is 9.71. The molecule has 0 aliphatic carbocycles. The number of aliphatic carboxylic acids is 1. The molecule has 38 heavy (non-hydrogen) atoms. The van der Waals surface area contributed by atoms with E-state index in [0.717, 1.165) is 10.1 Å². The number of halogens is 2. The third-order valence-corrected chi connectivity index (χ3v) is 7.13. The number of amides is 2. The second-order valence-electron chi connectivity index (χ2n) is 9.83. The first kappa shape index (κ1) is 25.7. The summed E-state index contributed by atoms with van der Waals surface area (Å²) in [5.41, 5.74) is -1.05. The molecule has 2 amide bonds. The number of nitrogens with zero attached hydrogens (tertiary/aromatic N) is 4. The van der Waals surface area contributed by atoms with Crippen LogP contribution in [0, 0.1) is 0 Å². The molecule has 0 bridgehead atoms. The van der Waals surface area contributed by atoms with Gasteiger partial charge in [0.1, 0.15) is 29.5 Å². The maximum atomic E-state index is 14.0. The first-order valence-corrected chi connectivity index (χ1v) is 12.4. The lowest BCUT2D eigenvalue weighted by molar-refractivity contribution is -0.144. The quantitative estimate of drug-likeness (QED) is 0.470. The third-order valence-electron chi connectivity index (χ3n) is 6.88. The topological polar surface area (TPSA) is 125 Å². The van der Waals surface area contributed by atoms with Gasteiger partial charge in [-0.25, -0.2) is 14.2 Å². The number of carbonyl (C=O) groups excluding carboxylic acids is 2. The number of nitrogens with one attached hydrogen (secondary N) is 1. The molecule has 0 spiro atoms. The molecule has 1 atom stereocenters. The van der Waals surface area contributed by atoms with E-state index in [4.69, 9.17) is 11.6 Å². The van der Waals surface area contributed by atoms with Crippen molar-refractivity contribution in [1.29, 1.82) is 0 Å². The van der Waals surface area contributed by atoms with Gasteiger partial charge in [-0.1, -0.05) is 23.7 Å². The Hall–Kier alpha value is -3.99. The van der Waals surface area contributed by atoms with Crippen LogP contribution < -0.4 is 15.8 Å². The number of aromatic nitrogens is 2. The minimum absolute atomic E-state index is 0.0907. The molecule has 1 aromatic carbocycles. The van der Waals surface area contributed by atoms with E-state index in [9.17, 15) is 28.7 Å². The Kier molecular flexibility index (Phi) is 6.56. The van der Waals surface area contributed by atoms with Gasteiger partial charge in [0, 0.05) is 29.7 Å². The molecule has 2 aromatic heterocycles. The molecule has 10 nitrogen and oxygen atoms in total. The highest BCUT2D eigenvalue weighted by atomic mass is 35.5. The zero-order valence-electron chi connectivity index (χ0n) is 20.5. The molecular formula is C26H25ClFN5O5. The van der Waals surface area contributed by atoms with Crippen molar-refractivity contribution in [2.24, 2.45) is 0 Å². The molecule has 0 saturated carbocycles. The minimum atomic E-state index is -1.49. The van der Waals surface area contributed by atoms with Crippen LogP contribution in [-0.4, -0.2) is 68.7 Å². The Balaban J connectivity index is 1.54. The van der Waals surface area contributed by atoms with Crippen LogP contribution in [0.15, 0.2) is 47.4 Å². The van der Waals surface area contributed by atoms with E-state index in [1.54, 1.807) is 35.2 Å². The molecule has 12 heteroatoms. The Morgan fingerprint density at radius 2 is 1.92 bits per heavy atom. The lowest BCUT2D eigenvalue weighted by Crippen LogP contribution is -2.60. The molecule has 4 heterocycles. The molecule has 2 aliphatic rings. The summed E-state index contributed by atoms with van der Waals surface area (Å²) in [6, 6.07) is 9.09. The van der Waals surface area contributed by atoms with Gasteiger partial charge < -0.3 is 20.2 Å². The first-order chi connectivity index (χ1) is 18.0. The molecule has 2 saturated heterocycles. The molecule has 2 N–H and O–H groups in total. The van der Waals surface area contributed by atoms with E-state index in [2.05, 4.69) is 10.3 Å². The molecule has 2 aliphatic heterocycles. The molecule has 0 radical (unpaired) electrons. The number of carbonyl (C=O) groups is 3. The normalized spacial score (nSPS) is 18.0. The number of anilines is 1. The number of alkyl halides is 1. The monoisotopic (exact) mass is 541 g/mol. The van der Waals surface area contributed by atoms with Gasteiger partial charge in [0.15, 0.2) is 0 Å². The zero-order chi connectivity index (χ0) is 27.2. The maximum Gasteiger partial charge on any atom is 0.326 e. The second-order valence-corrected chi connectivity index (χ2v) is 10.3. The fourth-order valence-corrected chi connectivity index (χ4v) is 4.91. The highest BCUT2D eigenvalue weighted by Gasteiger charge is 2.41. The van der Waals surface area contributed by atoms with Crippen LogP contribution in [0.3, 0.4) is 0 Å². The number of likely N-dealkylation sites (tertiary alicyclic amines) is 1. The van der Waals surface area contributed by atoms with Crippen molar-refractivity contribution in [3.8, 4) is 0 Å². The van der Waals surface area contributed by atoms with Crippen molar-refractivity contribution in [2.45, 2.75) is 38.1 Å². The maximum absolute atomic E-state index is 14.0. The summed E-state index contributed by atoms with van der Waals surface area (Å²) in [6.07, 6.45) is 1.88. The minimum Gasteiger partial charge on any atom is -0.480 e. The lowest BCUT2D eigenvalue weighted by Gasteiger charge is -2.42. The van der Waals surface area contributed by atoms with Crippen LogP contribution in [0.4, 0.5) is 10.1 Å². The van der Waals surface area contributed by atoms with Crippen LogP contribution >= 0.6 is 11.6 Å². The average molecular weight is 542 g/mol. The zero-order valence-corrected chi connectivity index (χ0v) is 21.2. The van der Waals surface area contributed by atoms with Crippen molar-refractivity contribution in [1.82, 2.24) is 19.8 Å². The third kappa shape index (κ3) is 4.81. The van der Waals surface area contributed by atoms with Gasteiger partial charge in [0.25, 0.3) is 11.5 Å². The summed E-state index contributed by atoms with van der Waals surface area (Å²) in [5, 5.41) is 13.2. The van der Waals surface area contributed by atoms with Gasteiger partial charge >= 0.3 is 5.97 Å². The van der Waals surface area contributed by atoms with Crippen LogP contribution in [0.1, 0.15) is 29.3 Å². The fourth-order valence-electron chi connectivity index (χ4n) is 4.79. The number of benzene rings is 1. The van der Waals surface area contributed by atoms with Gasteiger partial charge in [0.2, 0.25) is 5.91 Å².